The Morgan fingerprint density at radius 3 is 2.44 bits per heavy atom. The van der Waals surface area contributed by atoms with E-state index in [1.165, 1.54) is 4.68 Å². The van der Waals surface area contributed by atoms with Crippen molar-refractivity contribution in [3.05, 3.63) is 40.3 Å². The molecule has 0 aliphatic heterocycles. The lowest BCUT2D eigenvalue weighted by molar-refractivity contribution is -0.135. The summed E-state index contributed by atoms with van der Waals surface area (Å²) in [5.74, 6) is 0.607. The maximum absolute atomic E-state index is 13.0. The number of hydrogen-bond acceptors (Lipinski definition) is 4. The first-order valence-electron chi connectivity index (χ1n) is 9.12. The highest BCUT2D eigenvalue weighted by atomic mass is 16.5. The number of ether oxygens (including phenoxy) is 1. The molecule has 0 fully saturated rings. The molecule has 0 N–H and O–H groups in total. The Hall–Kier alpha value is -2.83. The van der Waals surface area contributed by atoms with Crippen molar-refractivity contribution in [1.82, 2.24) is 19.1 Å². The molecule has 2 heterocycles. The summed E-state index contributed by atoms with van der Waals surface area (Å²) in [6.07, 6.45) is 0. The van der Waals surface area contributed by atoms with E-state index in [9.17, 15) is 9.59 Å². The van der Waals surface area contributed by atoms with Crippen molar-refractivity contribution in [3.8, 4) is 5.75 Å². The van der Waals surface area contributed by atoms with Gasteiger partial charge < -0.3 is 9.64 Å². The Balaban J connectivity index is 2.12. The molecule has 0 aliphatic rings. The van der Waals surface area contributed by atoms with Gasteiger partial charge >= 0.3 is 5.69 Å². The Kier molecular flexibility index (Phi) is 4.95. The number of methoxy groups -OCH3 is 1. The molecule has 1 amide bonds. The number of carbonyl (C=O) groups excluding carboxylic acids is 1. The number of hydrogen-bond donors (Lipinski definition) is 0. The molecule has 7 nitrogen and oxygen atoms in total. The van der Waals surface area contributed by atoms with Gasteiger partial charge in [0.2, 0.25) is 5.91 Å². The minimum Gasteiger partial charge on any atom is -0.497 e. The van der Waals surface area contributed by atoms with Gasteiger partial charge in [0, 0.05) is 17.5 Å². The summed E-state index contributed by atoms with van der Waals surface area (Å²) in [5.41, 5.74) is 1.85. The second kappa shape index (κ2) is 7.06. The molecular formula is C20H26N4O3. The molecular weight excluding hydrogens is 344 g/mol. The number of aromatic nitrogens is 3. The number of carbonyl (C=O) groups is 1. The monoisotopic (exact) mass is 370 g/mol. The first kappa shape index (κ1) is 18.9. The van der Waals surface area contributed by atoms with Gasteiger partial charge in [0.15, 0.2) is 5.65 Å². The van der Waals surface area contributed by atoms with Gasteiger partial charge in [-0.2, -0.15) is 0 Å². The van der Waals surface area contributed by atoms with Crippen molar-refractivity contribution >= 4 is 22.5 Å². The van der Waals surface area contributed by atoms with Crippen LogP contribution in [-0.2, 0) is 11.3 Å². The van der Waals surface area contributed by atoms with Crippen LogP contribution in [0.3, 0.4) is 0 Å². The predicted molar refractivity (Wildman–Crippen MR) is 105 cm³/mol. The maximum atomic E-state index is 13.0. The molecule has 2 aromatic heterocycles. The number of fused-ring (bicyclic) bond motifs is 3. The number of amides is 1. The van der Waals surface area contributed by atoms with Crippen molar-refractivity contribution in [3.63, 3.8) is 0 Å². The van der Waals surface area contributed by atoms with Gasteiger partial charge in [-0.25, -0.2) is 13.9 Å². The Bertz CT molecular complexity index is 1050. The average Bonchev–Trinajstić information content (AvgIpc) is 2.91. The molecule has 144 valence electrons. The third kappa shape index (κ3) is 3.29. The fourth-order valence-corrected chi connectivity index (χ4v) is 3.64. The van der Waals surface area contributed by atoms with Crippen LogP contribution in [0.25, 0.3) is 16.6 Å². The Morgan fingerprint density at radius 1 is 1.19 bits per heavy atom. The van der Waals surface area contributed by atoms with E-state index in [0.29, 0.717) is 5.65 Å². The molecule has 27 heavy (non-hydrogen) atoms. The molecule has 0 atom stereocenters. The minimum absolute atomic E-state index is 0.0558. The van der Waals surface area contributed by atoms with E-state index < -0.39 is 0 Å². The Morgan fingerprint density at radius 2 is 1.85 bits per heavy atom. The van der Waals surface area contributed by atoms with Crippen molar-refractivity contribution in [2.24, 2.45) is 0 Å². The van der Waals surface area contributed by atoms with E-state index in [2.05, 4.69) is 5.10 Å². The smallest absolute Gasteiger partial charge is 0.351 e. The van der Waals surface area contributed by atoms with Crippen LogP contribution in [0, 0.1) is 6.92 Å². The standard InChI is InChI=1S/C20H26N4O3/c1-12(2)23(13(3)4)18(25)11-22-20(26)24-17-8-7-16(27-6)10-15(17)9-14(5)19(24)21-22/h7-10,12-13H,11H2,1-6H3. The van der Waals surface area contributed by atoms with Crippen molar-refractivity contribution < 1.29 is 9.53 Å². The van der Waals surface area contributed by atoms with Crippen LogP contribution in [0.4, 0.5) is 0 Å². The molecule has 0 unspecified atom stereocenters. The molecule has 0 spiro atoms. The van der Waals surface area contributed by atoms with Gasteiger partial charge in [-0.15, -0.1) is 5.10 Å². The highest BCUT2D eigenvalue weighted by molar-refractivity contribution is 5.84. The van der Waals surface area contributed by atoms with Gasteiger partial charge in [-0.05, 0) is 64.4 Å². The summed E-state index contributed by atoms with van der Waals surface area (Å²) in [5, 5.41) is 5.32. The van der Waals surface area contributed by atoms with E-state index in [4.69, 9.17) is 4.74 Å². The summed E-state index contributed by atoms with van der Waals surface area (Å²) < 4.78 is 8.09. The first-order chi connectivity index (χ1) is 12.7. The molecule has 0 radical (unpaired) electrons. The summed E-state index contributed by atoms with van der Waals surface area (Å²) in [6.45, 7) is 9.70. The van der Waals surface area contributed by atoms with Crippen molar-refractivity contribution in [2.45, 2.75) is 53.2 Å². The van der Waals surface area contributed by atoms with Crippen molar-refractivity contribution in [2.75, 3.05) is 7.11 Å². The largest absolute Gasteiger partial charge is 0.497 e. The van der Waals surface area contributed by atoms with Gasteiger partial charge in [-0.1, -0.05) is 0 Å². The SMILES string of the molecule is COc1ccc2c(c1)cc(C)c1nn(CC(=O)N(C(C)C)C(C)C)c(=O)n12. The molecule has 0 bridgehead atoms. The zero-order valence-corrected chi connectivity index (χ0v) is 16.7. The lowest BCUT2D eigenvalue weighted by atomic mass is 10.1. The van der Waals surface area contributed by atoms with E-state index in [0.717, 1.165) is 22.2 Å². The predicted octanol–water partition coefficient (Wildman–Crippen LogP) is 2.61. The zero-order chi connectivity index (χ0) is 19.9. The van der Waals surface area contributed by atoms with E-state index >= 15 is 0 Å². The second-order valence-electron chi connectivity index (χ2n) is 7.34. The van der Waals surface area contributed by atoms with Gasteiger partial charge in [0.1, 0.15) is 12.3 Å². The molecule has 7 heteroatoms. The zero-order valence-electron chi connectivity index (χ0n) is 16.7. The van der Waals surface area contributed by atoms with E-state index in [1.807, 2.05) is 58.9 Å². The summed E-state index contributed by atoms with van der Waals surface area (Å²) in [4.78, 5) is 27.5. The van der Waals surface area contributed by atoms with Crippen LogP contribution in [0.2, 0.25) is 0 Å². The molecule has 0 saturated heterocycles. The fraction of sp³-hybridized carbons (Fsp3) is 0.450. The third-order valence-corrected chi connectivity index (χ3v) is 4.73. The van der Waals surface area contributed by atoms with Crippen LogP contribution in [-0.4, -0.2) is 44.2 Å². The lowest BCUT2D eigenvalue weighted by Gasteiger charge is -2.30. The normalized spacial score (nSPS) is 11.7. The highest BCUT2D eigenvalue weighted by Crippen LogP contribution is 2.23. The van der Waals surface area contributed by atoms with Gasteiger partial charge in [-0.3, -0.25) is 4.79 Å². The maximum Gasteiger partial charge on any atom is 0.351 e. The number of nitrogens with zero attached hydrogens (tertiary/aromatic N) is 4. The van der Waals surface area contributed by atoms with Crippen LogP contribution < -0.4 is 10.4 Å². The highest BCUT2D eigenvalue weighted by Gasteiger charge is 2.22. The quantitative estimate of drug-likeness (QED) is 0.692. The average molecular weight is 370 g/mol. The van der Waals surface area contributed by atoms with Crippen LogP contribution in [0.1, 0.15) is 33.3 Å². The van der Waals surface area contributed by atoms with Gasteiger partial charge in [0.25, 0.3) is 0 Å². The van der Waals surface area contributed by atoms with Gasteiger partial charge in [0.05, 0.1) is 12.6 Å². The van der Waals surface area contributed by atoms with Crippen molar-refractivity contribution in [1.29, 1.82) is 0 Å². The van der Waals surface area contributed by atoms with Crippen LogP contribution in [0.15, 0.2) is 29.1 Å². The summed E-state index contributed by atoms with van der Waals surface area (Å²) in [6, 6.07) is 7.62. The summed E-state index contributed by atoms with van der Waals surface area (Å²) >= 11 is 0. The lowest BCUT2D eigenvalue weighted by Crippen LogP contribution is -2.44. The fourth-order valence-electron chi connectivity index (χ4n) is 3.64. The number of benzene rings is 1. The topological polar surface area (TPSA) is 68.8 Å². The molecule has 0 aliphatic carbocycles. The number of pyridine rings is 1. The van der Waals surface area contributed by atoms with E-state index in [-0.39, 0.29) is 30.2 Å². The molecule has 3 aromatic rings. The van der Waals surface area contributed by atoms with E-state index in [1.54, 1.807) is 16.4 Å². The molecule has 3 rings (SSSR count). The number of aryl methyl sites for hydroxylation is 1. The molecule has 1 aromatic carbocycles. The first-order valence-corrected chi connectivity index (χ1v) is 9.12. The minimum atomic E-state index is -0.315. The molecule has 0 saturated carbocycles. The third-order valence-electron chi connectivity index (χ3n) is 4.73. The second-order valence-corrected chi connectivity index (χ2v) is 7.34. The number of rotatable bonds is 5. The van der Waals surface area contributed by atoms with Crippen LogP contribution >= 0.6 is 0 Å². The summed E-state index contributed by atoms with van der Waals surface area (Å²) in [7, 11) is 1.61. The Labute approximate surface area is 158 Å². The van der Waals surface area contributed by atoms with Crippen LogP contribution in [0.5, 0.6) is 5.75 Å².